The molecule has 4 amide bonds. The average Bonchev–Trinajstić information content (AvgIpc) is 2.73. The van der Waals surface area contributed by atoms with E-state index in [2.05, 4.69) is 20.7 Å². The molecule has 0 fully saturated rings. The predicted octanol–water partition coefficient (Wildman–Crippen LogP) is 1.15. The minimum Gasteiger partial charge on any atom is -0.454 e. The Kier molecular flexibility index (Phi) is 10.6. The fourth-order valence-corrected chi connectivity index (χ4v) is 2.50. The number of esters is 1. The highest BCUT2D eigenvalue weighted by Gasteiger charge is 2.40. The van der Waals surface area contributed by atoms with Crippen LogP contribution in [0.15, 0.2) is 24.3 Å². The highest BCUT2D eigenvalue weighted by Crippen LogP contribution is 2.18. The van der Waals surface area contributed by atoms with E-state index < -0.39 is 48.7 Å². The molecule has 33 heavy (non-hydrogen) atoms. The van der Waals surface area contributed by atoms with Gasteiger partial charge in [-0.1, -0.05) is 26.0 Å². The smallest absolute Gasteiger partial charge is 0.454 e. The number of amides is 4. The Balaban J connectivity index is 2.76. The molecular formula is C20H28F3N5O5. The van der Waals surface area contributed by atoms with Crippen LogP contribution in [0, 0.1) is 5.92 Å². The van der Waals surface area contributed by atoms with Gasteiger partial charge in [-0.3, -0.25) is 9.59 Å². The van der Waals surface area contributed by atoms with Crippen LogP contribution in [-0.2, 0) is 25.7 Å². The number of carbonyl (C=O) groups excluding carboxylic acids is 4. The van der Waals surface area contributed by atoms with E-state index in [1.165, 1.54) is 24.3 Å². The van der Waals surface area contributed by atoms with Gasteiger partial charge < -0.3 is 32.2 Å². The molecule has 1 aromatic carbocycles. The highest BCUT2D eigenvalue weighted by molar-refractivity contribution is 5.97. The number of halogens is 3. The Bertz CT molecular complexity index is 830. The molecule has 2 unspecified atom stereocenters. The molecule has 2 atom stereocenters. The number of alkyl halides is 3. The number of nitrogens with one attached hydrogen (secondary N) is 3. The van der Waals surface area contributed by atoms with Crippen molar-refractivity contribution < 1.29 is 37.1 Å². The molecule has 13 heteroatoms. The van der Waals surface area contributed by atoms with Gasteiger partial charge in [0.2, 0.25) is 11.8 Å². The van der Waals surface area contributed by atoms with Crippen LogP contribution in [-0.4, -0.2) is 48.6 Å². The van der Waals surface area contributed by atoms with Crippen molar-refractivity contribution in [3.8, 4) is 0 Å². The molecule has 7 N–H and O–H groups in total. The Morgan fingerprint density at radius 3 is 2.18 bits per heavy atom. The molecular weight excluding hydrogens is 447 g/mol. The number of rotatable bonds is 11. The van der Waals surface area contributed by atoms with Gasteiger partial charge in [0.1, 0.15) is 12.6 Å². The first kappa shape index (κ1) is 27.7. The van der Waals surface area contributed by atoms with Crippen molar-refractivity contribution in [2.75, 3.05) is 11.9 Å². The van der Waals surface area contributed by atoms with Crippen molar-refractivity contribution in [3.05, 3.63) is 29.8 Å². The van der Waals surface area contributed by atoms with E-state index in [9.17, 15) is 32.3 Å². The molecule has 1 rings (SSSR count). The maximum atomic E-state index is 12.7. The highest BCUT2D eigenvalue weighted by atomic mass is 19.4. The van der Waals surface area contributed by atoms with Crippen LogP contribution in [0.2, 0.25) is 0 Å². The fraction of sp³-hybridized carbons (Fsp3) is 0.500. The minimum atomic E-state index is -5.08. The molecule has 0 heterocycles. The van der Waals surface area contributed by atoms with E-state index in [0.29, 0.717) is 12.1 Å². The van der Waals surface area contributed by atoms with Crippen LogP contribution in [0.25, 0.3) is 0 Å². The fourth-order valence-electron chi connectivity index (χ4n) is 2.50. The molecule has 0 radical (unpaired) electrons. The summed E-state index contributed by atoms with van der Waals surface area (Å²) in [4.78, 5) is 46.6. The number of primary amides is 1. The van der Waals surface area contributed by atoms with Gasteiger partial charge >= 0.3 is 18.2 Å². The molecule has 0 aliphatic heterocycles. The zero-order valence-electron chi connectivity index (χ0n) is 18.2. The van der Waals surface area contributed by atoms with E-state index in [1.54, 1.807) is 13.8 Å². The van der Waals surface area contributed by atoms with Gasteiger partial charge in [-0.05, 0) is 36.5 Å². The summed E-state index contributed by atoms with van der Waals surface area (Å²) in [6.07, 6.45) is -4.58. The normalized spacial score (nSPS) is 13.1. The first-order valence-electron chi connectivity index (χ1n) is 10.0. The quantitative estimate of drug-likeness (QED) is 0.238. The molecule has 0 saturated carbocycles. The van der Waals surface area contributed by atoms with E-state index in [4.69, 9.17) is 11.5 Å². The summed E-state index contributed by atoms with van der Waals surface area (Å²) in [7, 11) is 0. The lowest BCUT2D eigenvalue weighted by molar-refractivity contribution is -0.201. The molecule has 0 saturated heterocycles. The molecule has 0 spiro atoms. The summed E-state index contributed by atoms with van der Waals surface area (Å²) in [5.41, 5.74) is 11.4. The SMILES string of the molecule is CC(C)C(N)C(=O)NC(CCCNC(N)=O)C(=O)Nc1ccc(COC(=O)C(F)(F)F)cc1. The molecule has 184 valence electrons. The number of nitrogens with two attached hydrogens (primary N) is 2. The number of hydrogen-bond acceptors (Lipinski definition) is 6. The largest absolute Gasteiger partial charge is 0.490 e. The molecule has 0 aliphatic rings. The average molecular weight is 475 g/mol. The van der Waals surface area contributed by atoms with Crippen molar-refractivity contribution in [1.82, 2.24) is 10.6 Å². The Morgan fingerprint density at radius 2 is 1.67 bits per heavy atom. The second kappa shape index (κ2) is 12.6. The van der Waals surface area contributed by atoms with Crippen molar-refractivity contribution in [3.63, 3.8) is 0 Å². The molecule has 0 bridgehead atoms. The van der Waals surface area contributed by atoms with E-state index in [-0.39, 0.29) is 24.4 Å². The third-order valence-corrected chi connectivity index (χ3v) is 4.45. The van der Waals surface area contributed by atoms with Crippen molar-refractivity contribution in [2.24, 2.45) is 17.4 Å². The second-order valence-corrected chi connectivity index (χ2v) is 7.52. The molecule has 10 nitrogen and oxygen atoms in total. The van der Waals surface area contributed by atoms with Gasteiger partial charge in [-0.2, -0.15) is 13.2 Å². The van der Waals surface area contributed by atoms with Gasteiger partial charge in [-0.15, -0.1) is 0 Å². The van der Waals surface area contributed by atoms with Crippen LogP contribution in [0.5, 0.6) is 0 Å². The van der Waals surface area contributed by atoms with Crippen molar-refractivity contribution in [1.29, 1.82) is 0 Å². The first-order valence-corrected chi connectivity index (χ1v) is 10.0. The standard InChI is InChI=1S/C20H28F3N5O5/c1-11(2)15(24)17(30)28-14(4-3-9-26-19(25)32)16(29)27-13-7-5-12(6-8-13)10-33-18(31)20(21,22)23/h5-8,11,14-15H,3-4,9-10,24H2,1-2H3,(H,27,29)(H,28,30)(H3,25,26,32). The zero-order valence-corrected chi connectivity index (χ0v) is 18.2. The lowest BCUT2D eigenvalue weighted by Crippen LogP contribution is -2.51. The lowest BCUT2D eigenvalue weighted by Gasteiger charge is -2.22. The van der Waals surface area contributed by atoms with Gasteiger partial charge in [0.15, 0.2) is 0 Å². The number of hydrogen-bond donors (Lipinski definition) is 5. The lowest BCUT2D eigenvalue weighted by atomic mass is 10.0. The number of ether oxygens (including phenoxy) is 1. The van der Waals surface area contributed by atoms with Gasteiger partial charge in [0.05, 0.1) is 6.04 Å². The Morgan fingerprint density at radius 1 is 1.06 bits per heavy atom. The van der Waals surface area contributed by atoms with Crippen LogP contribution >= 0.6 is 0 Å². The van der Waals surface area contributed by atoms with Crippen LogP contribution < -0.4 is 27.4 Å². The number of carbonyl (C=O) groups is 4. The summed E-state index contributed by atoms with van der Waals surface area (Å²) in [5.74, 6) is -3.54. The number of benzene rings is 1. The molecule has 0 aromatic heterocycles. The van der Waals surface area contributed by atoms with Gasteiger partial charge in [0.25, 0.3) is 0 Å². The minimum absolute atomic E-state index is 0.163. The van der Waals surface area contributed by atoms with Crippen molar-refractivity contribution >= 4 is 29.5 Å². The number of urea groups is 1. The summed E-state index contributed by atoms with van der Waals surface area (Å²) in [6, 6.07) is 3.04. The number of anilines is 1. The maximum Gasteiger partial charge on any atom is 0.490 e. The zero-order chi connectivity index (χ0) is 25.2. The molecule has 0 aliphatic carbocycles. The second-order valence-electron chi connectivity index (χ2n) is 7.52. The van der Waals surface area contributed by atoms with Crippen LogP contribution in [0.1, 0.15) is 32.3 Å². The summed E-state index contributed by atoms with van der Waals surface area (Å²) in [6.45, 7) is 3.11. The van der Waals surface area contributed by atoms with Gasteiger partial charge in [0, 0.05) is 12.2 Å². The van der Waals surface area contributed by atoms with Crippen LogP contribution in [0.3, 0.4) is 0 Å². The van der Waals surface area contributed by atoms with Crippen molar-refractivity contribution in [2.45, 2.75) is 51.6 Å². The molecule has 1 aromatic rings. The summed E-state index contributed by atoms with van der Waals surface area (Å²) >= 11 is 0. The van der Waals surface area contributed by atoms with E-state index >= 15 is 0 Å². The predicted molar refractivity (Wildman–Crippen MR) is 112 cm³/mol. The third kappa shape index (κ3) is 10.2. The third-order valence-electron chi connectivity index (χ3n) is 4.45. The maximum absolute atomic E-state index is 12.7. The Labute approximate surface area is 188 Å². The van der Waals surface area contributed by atoms with E-state index in [1.807, 2.05) is 0 Å². The Hall–Kier alpha value is -3.35. The summed E-state index contributed by atoms with van der Waals surface area (Å²) < 4.78 is 40.7. The van der Waals surface area contributed by atoms with Crippen LogP contribution in [0.4, 0.5) is 23.7 Å². The van der Waals surface area contributed by atoms with E-state index in [0.717, 1.165) is 0 Å². The summed E-state index contributed by atoms with van der Waals surface area (Å²) in [5, 5.41) is 7.55. The topological polar surface area (TPSA) is 166 Å². The monoisotopic (exact) mass is 475 g/mol. The van der Waals surface area contributed by atoms with Gasteiger partial charge in [-0.25, -0.2) is 9.59 Å². The first-order chi connectivity index (χ1) is 15.3.